The van der Waals surface area contributed by atoms with Crippen molar-refractivity contribution in [1.29, 1.82) is 0 Å². The van der Waals surface area contributed by atoms with Crippen LogP contribution >= 0.6 is 20.6 Å². The molecule has 2 fully saturated rings. The summed E-state index contributed by atoms with van der Waals surface area (Å²) in [6, 6.07) is 9.05. The van der Waals surface area contributed by atoms with Crippen molar-refractivity contribution in [3.05, 3.63) is 69.4 Å². The van der Waals surface area contributed by atoms with E-state index in [2.05, 4.69) is 41.1 Å². The number of carbonyl (C=O) groups excluding carboxylic acids is 13. The van der Waals surface area contributed by atoms with Crippen LogP contribution in [0.3, 0.4) is 0 Å². The van der Waals surface area contributed by atoms with Gasteiger partial charge in [0.05, 0.1) is 19.8 Å². The van der Waals surface area contributed by atoms with Crippen molar-refractivity contribution in [3.63, 3.8) is 0 Å². The normalized spacial score (nSPS) is 15.9. The van der Waals surface area contributed by atoms with E-state index in [9.17, 15) is 62.3 Å². The van der Waals surface area contributed by atoms with Crippen LogP contribution < -0.4 is 10.9 Å². The van der Waals surface area contributed by atoms with E-state index in [0.717, 1.165) is 14.7 Å². The molecule has 27 heteroatoms. The maximum absolute atomic E-state index is 12.2. The first-order valence-corrected chi connectivity index (χ1v) is 28.1. The second-order valence-electron chi connectivity index (χ2n) is 21.3. The van der Waals surface area contributed by atoms with E-state index in [-0.39, 0.29) is 119 Å². The van der Waals surface area contributed by atoms with Gasteiger partial charge in [0.1, 0.15) is 27.6 Å². The van der Waals surface area contributed by atoms with Crippen molar-refractivity contribution < 1.29 is 158 Å². The maximum Gasteiger partial charge on any atom is 0.320 e. The minimum absolute atomic E-state index is 0. The Hall–Kier alpha value is -5.11. The first kappa shape index (κ1) is 90.1. The number of rotatable bonds is 13. The Morgan fingerprint density at radius 3 is 1.29 bits per heavy atom. The van der Waals surface area contributed by atoms with Gasteiger partial charge in [0, 0.05) is 65.4 Å². The Bertz CT molecular complexity index is 2280. The first-order chi connectivity index (χ1) is 37.4. The predicted octanol–water partition coefficient (Wildman–Crippen LogP) is 7.16. The van der Waals surface area contributed by atoms with Gasteiger partial charge in [-0.3, -0.25) is 59.0 Å². The van der Waals surface area contributed by atoms with Crippen LogP contribution in [0.4, 0.5) is 0 Å². The Kier molecular flexibility index (Phi) is 46.6. The third-order valence-corrected chi connectivity index (χ3v) is 13.3. The molecule has 0 saturated carbocycles. The molecule has 24 nitrogen and oxygen atoms in total. The zero-order chi connectivity index (χ0) is 65.2. The van der Waals surface area contributed by atoms with Crippen LogP contribution in [0.15, 0.2) is 65.8 Å². The van der Waals surface area contributed by atoms with E-state index >= 15 is 0 Å². The number of ether oxygens (including phenoxy) is 5. The third-order valence-electron chi connectivity index (χ3n) is 9.54. The number of halogens is 1. The summed E-state index contributed by atoms with van der Waals surface area (Å²) in [4.78, 5) is 139. The van der Waals surface area contributed by atoms with Gasteiger partial charge in [-0.05, 0) is 130 Å². The molecule has 4 rings (SSSR count). The third kappa shape index (κ3) is 38.0. The van der Waals surface area contributed by atoms with Gasteiger partial charge in [-0.1, -0.05) is 25.5 Å². The summed E-state index contributed by atoms with van der Waals surface area (Å²) in [7, 11) is 0. The molecule has 4 amide bonds. The molecular weight excluding hydrogens is 1370 g/mol. The number of amides is 4. The van der Waals surface area contributed by atoms with E-state index < -0.39 is 66.8 Å². The quantitative estimate of drug-likeness (QED) is 0.0228. The van der Waals surface area contributed by atoms with Gasteiger partial charge in [0.2, 0.25) is 0 Å². The zero-order valence-electron chi connectivity index (χ0n) is 52.8. The fraction of sp³-hybridized carbons (Fsp3) is 0.561. The summed E-state index contributed by atoms with van der Waals surface area (Å²) in [5.41, 5.74) is 2.72. The molecule has 3 heterocycles. The van der Waals surface area contributed by atoms with Crippen LogP contribution in [0, 0.1) is 20.3 Å². The molecule has 2 radical (unpaired) electrons. The van der Waals surface area contributed by atoms with Gasteiger partial charge in [0.25, 0.3) is 43.0 Å². The van der Waals surface area contributed by atoms with Gasteiger partial charge in [-0.2, -0.15) is 11.1 Å². The molecule has 1 atom stereocenters. The molecule has 3 aliphatic heterocycles. The Balaban J connectivity index is -0.000000212. The zero-order valence-corrected chi connectivity index (χ0v) is 60.6. The van der Waals surface area contributed by atoms with E-state index in [1.807, 2.05) is 101 Å². The van der Waals surface area contributed by atoms with Crippen molar-refractivity contribution in [2.45, 2.75) is 175 Å². The summed E-state index contributed by atoms with van der Waals surface area (Å²) in [5, 5.41) is 2.58. The fourth-order valence-corrected chi connectivity index (χ4v) is 7.75. The van der Waals surface area contributed by atoms with Gasteiger partial charge in [-0.15, -0.1) is 19.6 Å². The maximum atomic E-state index is 12.2. The van der Waals surface area contributed by atoms with E-state index in [1.54, 1.807) is 86.0 Å². The van der Waals surface area contributed by atoms with Crippen LogP contribution in [-0.4, -0.2) is 132 Å². The van der Waals surface area contributed by atoms with Gasteiger partial charge in [0.15, 0.2) is 5.92 Å². The molecule has 1 aromatic carbocycles. The molecule has 470 valence electrons. The standard InChI is InChI=1S/C12H15N2O3.C10H11IO4.C8H14O4.C7H9O.C5H8N2O2.3C5H10O2.2Y/c1-8-5-12(4,7-15)14-10(17)11(2,3)9(16)13(14)6-8;1-8(12)14-11(15-9(2)13)10-6-4-3-5-7-10;1-4-11-7(9)6(3)8(10)12-5-2;1-4-6(2)7(3)5-8;1-5(2)3(8)6-7-4(5)9;3*1-5(2,3)7-4-6;;/h5H,6H2,1-4H3;3-7H,1-2H3;6H,4-5H2,1-3H3;4H,1H2,2-3H3;1-2H3,(H,6,8)(H,7,9);3*4H,1-3H3;;/q-1;;;-1;;;;;;/b;;;7-6+;;;;;;. The number of hydrazine groups is 2. The SMILES string of the molecule is C=C/C(C)=C(\C)[C-]=O.CC(=O)OI(OC(C)=O)c1ccccc1.CC(C)(C)OC=O.CC(C)(C)OC=O.CC(C)(C)OC=O.CC1(C)C(=O)NNC1=O.CC1=CC(C)([C-]=O)N2C(=O)C(C)(C)C(=O)N2C1.CCOC(=O)C(C)C(=O)OCC.[Y].[Y]. The second kappa shape index (κ2) is 43.5. The molecular formula is C57H87IN4O20Y2-2. The number of allylic oxidation sites excluding steroid dienone is 3. The van der Waals surface area contributed by atoms with E-state index in [1.165, 1.54) is 30.8 Å². The molecule has 0 aliphatic carbocycles. The first-order valence-electron chi connectivity index (χ1n) is 25.3. The summed E-state index contributed by atoms with van der Waals surface area (Å²) >= 11 is -2.59. The molecule has 3 aliphatic rings. The number of carbonyl (C=O) groups is 11. The molecule has 2 N–H and O–H groups in total. The molecule has 84 heavy (non-hydrogen) atoms. The van der Waals surface area contributed by atoms with Gasteiger partial charge >= 0.3 is 108 Å². The monoisotopic (exact) mass is 1450 g/mol. The Labute approximate surface area is 554 Å². The summed E-state index contributed by atoms with van der Waals surface area (Å²) in [6.07, 6.45) is 6.95. The van der Waals surface area contributed by atoms with Crippen LogP contribution in [0.1, 0.15) is 152 Å². The van der Waals surface area contributed by atoms with Crippen molar-refractivity contribution in [3.8, 4) is 0 Å². The Morgan fingerprint density at radius 2 is 1.05 bits per heavy atom. The van der Waals surface area contributed by atoms with Crippen LogP contribution in [-0.2, 0) is 158 Å². The van der Waals surface area contributed by atoms with Crippen molar-refractivity contribution in [2.75, 3.05) is 19.8 Å². The number of hydrogen-bond acceptors (Lipinski definition) is 20. The van der Waals surface area contributed by atoms with Gasteiger partial charge in [-0.25, -0.2) is 11.3 Å². The van der Waals surface area contributed by atoms with Crippen LogP contribution in [0.25, 0.3) is 0 Å². The van der Waals surface area contributed by atoms with Crippen molar-refractivity contribution in [2.24, 2.45) is 16.7 Å². The van der Waals surface area contributed by atoms with Crippen LogP contribution in [0.2, 0.25) is 0 Å². The van der Waals surface area contributed by atoms with Gasteiger partial charge < -0.3 is 33.3 Å². The van der Waals surface area contributed by atoms with Crippen LogP contribution in [0.5, 0.6) is 0 Å². The number of nitrogens with one attached hydrogen (secondary N) is 2. The molecule has 1 unspecified atom stereocenters. The van der Waals surface area contributed by atoms with E-state index in [4.69, 9.17) is 6.13 Å². The molecule has 0 bridgehead atoms. The predicted molar refractivity (Wildman–Crippen MR) is 310 cm³/mol. The number of fused-ring (bicyclic) bond motifs is 1. The minimum atomic E-state index is -2.59. The fourth-order valence-electron chi connectivity index (χ4n) is 5.03. The molecule has 0 spiro atoms. The number of hydrogen-bond donors (Lipinski definition) is 2. The molecule has 0 aromatic heterocycles. The smallest absolute Gasteiger partial charge is 0.320 e. The number of benzene rings is 1. The van der Waals surface area contributed by atoms with E-state index in [0.29, 0.717) is 31.5 Å². The summed E-state index contributed by atoms with van der Waals surface area (Å²) < 4.78 is 33.7. The summed E-state index contributed by atoms with van der Waals surface area (Å²) in [5.74, 6) is -3.89. The topological polar surface area (TPSA) is 317 Å². The largest absolute Gasteiger partial charge is 0.539 e. The molecule has 1 aromatic rings. The van der Waals surface area contributed by atoms with Crippen molar-refractivity contribution >= 4 is 100 Å². The number of esters is 2. The summed E-state index contributed by atoms with van der Waals surface area (Å²) in [6.45, 7) is 42.9. The minimum Gasteiger partial charge on any atom is -0.539 e. The average molecular weight is 1450 g/mol. The Morgan fingerprint density at radius 1 is 0.679 bits per heavy atom. The second-order valence-corrected chi connectivity index (χ2v) is 24.7. The molecule has 2 saturated heterocycles. The average Bonchev–Trinajstić information content (AvgIpc) is 3.69. The van der Waals surface area contributed by atoms with Crippen molar-refractivity contribution in [1.82, 2.24) is 20.9 Å². The number of nitrogens with zero attached hydrogens (tertiary/aromatic N) is 2.